The van der Waals surface area contributed by atoms with Crippen molar-refractivity contribution in [2.24, 2.45) is 0 Å². The average molecular weight is 201 g/mol. The van der Waals surface area contributed by atoms with Gasteiger partial charge in [0, 0.05) is 5.66 Å². The van der Waals surface area contributed by atoms with E-state index in [2.05, 4.69) is 6.92 Å². The maximum atomic E-state index is 10.5. The molecule has 2 atom stereocenters. The first kappa shape index (κ1) is 14.0. The highest BCUT2D eigenvalue weighted by molar-refractivity contribution is 7.38. The van der Waals surface area contributed by atoms with Crippen molar-refractivity contribution in [1.29, 1.82) is 0 Å². The fourth-order valence-corrected chi connectivity index (χ4v) is 1.28. The van der Waals surface area contributed by atoms with Gasteiger partial charge >= 0.3 is 0 Å². The first-order chi connectivity index (χ1) is 4.68. The van der Waals surface area contributed by atoms with E-state index < -0.39 is 8.03 Å². The van der Waals surface area contributed by atoms with Crippen LogP contribution in [0.1, 0.15) is 39.5 Å². The third-order valence-corrected chi connectivity index (χ3v) is 2.79. The second-order valence-corrected chi connectivity index (χ2v) is 4.40. The van der Waals surface area contributed by atoms with Gasteiger partial charge in [0.15, 0.2) is 8.03 Å². The molecule has 0 aliphatic carbocycles. The Balaban J connectivity index is 0. The van der Waals surface area contributed by atoms with E-state index in [1.807, 2.05) is 6.92 Å². The highest BCUT2D eigenvalue weighted by Gasteiger charge is 2.05. The van der Waals surface area contributed by atoms with Gasteiger partial charge in [0.2, 0.25) is 0 Å². The van der Waals surface area contributed by atoms with E-state index in [9.17, 15) is 4.57 Å². The van der Waals surface area contributed by atoms with Crippen LogP contribution < -0.4 is 0 Å². The van der Waals surface area contributed by atoms with Gasteiger partial charge in [-0.3, -0.25) is 4.57 Å². The Morgan fingerprint density at radius 3 is 2.36 bits per heavy atom. The fraction of sp³-hybridized carbons (Fsp3) is 1.00. The predicted octanol–water partition coefficient (Wildman–Crippen LogP) is 2.84. The van der Waals surface area contributed by atoms with E-state index in [0.29, 0.717) is 0 Å². The van der Waals surface area contributed by atoms with Crippen molar-refractivity contribution >= 4 is 20.4 Å². The van der Waals surface area contributed by atoms with Gasteiger partial charge < -0.3 is 4.89 Å². The molecular weight excluding hydrogens is 183 g/mol. The molecule has 0 bridgehead atoms. The topological polar surface area (TPSA) is 37.3 Å². The van der Waals surface area contributed by atoms with Crippen molar-refractivity contribution in [3.63, 3.8) is 0 Å². The Bertz CT molecular complexity index is 109. The lowest BCUT2D eigenvalue weighted by molar-refractivity contribution is 0.484. The molecule has 0 aliphatic rings. The summed E-state index contributed by atoms with van der Waals surface area (Å²) in [6.45, 7) is 3.98. The maximum Gasteiger partial charge on any atom is 0.191 e. The molecule has 4 heteroatoms. The summed E-state index contributed by atoms with van der Waals surface area (Å²) in [5, 5.41) is 0. The van der Waals surface area contributed by atoms with Gasteiger partial charge in [-0.05, 0) is 6.42 Å². The Labute approximate surface area is 75.7 Å². The van der Waals surface area contributed by atoms with Crippen LogP contribution >= 0.6 is 20.4 Å². The largest absolute Gasteiger partial charge is 0.346 e. The molecule has 70 valence electrons. The molecule has 0 aromatic carbocycles. The van der Waals surface area contributed by atoms with Crippen molar-refractivity contribution in [2.45, 2.75) is 45.2 Å². The van der Waals surface area contributed by atoms with Crippen LogP contribution in [-0.4, -0.2) is 10.6 Å². The summed E-state index contributed by atoms with van der Waals surface area (Å²) in [4.78, 5) is 8.67. The summed E-state index contributed by atoms with van der Waals surface area (Å²) >= 11 is 0. The molecule has 0 heterocycles. The molecule has 0 aromatic rings. The highest BCUT2D eigenvalue weighted by atomic mass is 35.5. The monoisotopic (exact) mass is 200 g/mol. The Hall–Kier alpha value is 0.480. The quantitative estimate of drug-likeness (QED) is 0.547. The molecule has 2 unspecified atom stereocenters. The van der Waals surface area contributed by atoms with Gasteiger partial charge in [0.05, 0.1) is 0 Å². The van der Waals surface area contributed by atoms with Crippen molar-refractivity contribution in [2.75, 3.05) is 0 Å². The van der Waals surface area contributed by atoms with Crippen LogP contribution in [0, 0.1) is 0 Å². The first-order valence-electron chi connectivity index (χ1n) is 3.91. The van der Waals surface area contributed by atoms with Crippen LogP contribution in [0.25, 0.3) is 0 Å². The summed E-state index contributed by atoms with van der Waals surface area (Å²) < 4.78 is 10.5. The fourth-order valence-electron chi connectivity index (χ4n) is 0.824. The van der Waals surface area contributed by atoms with Crippen LogP contribution in [0.15, 0.2) is 0 Å². The van der Waals surface area contributed by atoms with Crippen molar-refractivity contribution in [1.82, 2.24) is 0 Å². The molecule has 1 N–H and O–H groups in total. The lowest BCUT2D eigenvalue weighted by Gasteiger charge is -2.04. The second kappa shape index (κ2) is 8.58. The zero-order chi connectivity index (χ0) is 7.98. The summed E-state index contributed by atoms with van der Waals surface area (Å²) in [6.07, 6.45) is 4.36. The van der Waals surface area contributed by atoms with Gasteiger partial charge in [0.25, 0.3) is 0 Å². The lowest BCUT2D eigenvalue weighted by Crippen LogP contribution is -1.94. The minimum Gasteiger partial charge on any atom is -0.346 e. The normalized spacial score (nSPS) is 15.2. The standard InChI is InChI=1S/C7H17O2P.ClH/c1-3-4-5-6-7(2)10(8)9;/h7,10H,3-6H2,1-2H3,(H,8,9);1H. The SMILES string of the molecule is CCCCCC(C)[PH](=O)O.Cl. The van der Waals surface area contributed by atoms with Gasteiger partial charge in [-0.15, -0.1) is 12.4 Å². The Kier molecular flexibility index (Phi) is 10.9. The molecule has 0 radical (unpaired) electrons. The smallest absolute Gasteiger partial charge is 0.191 e. The van der Waals surface area contributed by atoms with Crippen LogP contribution in [0.4, 0.5) is 0 Å². The molecule has 0 aliphatic heterocycles. The minimum atomic E-state index is -2.24. The summed E-state index contributed by atoms with van der Waals surface area (Å²) in [6, 6.07) is 0. The molecule has 0 rings (SSSR count). The van der Waals surface area contributed by atoms with Crippen LogP contribution in [0.3, 0.4) is 0 Å². The number of unbranched alkanes of at least 4 members (excludes halogenated alkanes) is 2. The van der Waals surface area contributed by atoms with E-state index >= 15 is 0 Å². The Morgan fingerprint density at radius 1 is 1.45 bits per heavy atom. The molecule has 0 amide bonds. The molecule has 0 fully saturated rings. The number of halogens is 1. The van der Waals surface area contributed by atoms with Gasteiger partial charge in [0.1, 0.15) is 0 Å². The molecule has 2 nitrogen and oxygen atoms in total. The van der Waals surface area contributed by atoms with E-state index in [1.165, 1.54) is 12.8 Å². The van der Waals surface area contributed by atoms with Crippen LogP contribution in [0.5, 0.6) is 0 Å². The van der Waals surface area contributed by atoms with Crippen molar-refractivity contribution < 1.29 is 9.46 Å². The van der Waals surface area contributed by atoms with Gasteiger partial charge in [-0.25, -0.2) is 0 Å². The molecule has 0 saturated heterocycles. The Morgan fingerprint density at radius 2 is 2.00 bits per heavy atom. The van der Waals surface area contributed by atoms with Crippen LogP contribution in [0.2, 0.25) is 0 Å². The van der Waals surface area contributed by atoms with Crippen molar-refractivity contribution in [3.05, 3.63) is 0 Å². The average Bonchev–Trinajstić information content (AvgIpc) is 1.88. The van der Waals surface area contributed by atoms with E-state index in [4.69, 9.17) is 4.89 Å². The summed E-state index contributed by atoms with van der Waals surface area (Å²) in [5.74, 6) is 0. The molecule has 0 spiro atoms. The molecular formula is C7H18ClO2P. The molecule has 0 saturated carbocycles. The third kappa shape index (κ3) is 8.39. The zero-order valence-corrected chi connectivity index (χ0v) is 8.99. The van der Waals surface area contributed by atoms with E-state index in [1.54, 1.807) is 0 Å². The van der Waals surface area contributed by atoms with Gasteiger partial charge in [-0.2, -0.15) is 0 Å². The van der Waals surface area contributed by atoms with E-state index in [0.717, 1.165) is 12.8 Å². The molecule has 11 heavy (non-hydrogen) atoms. The zero-order valence-electron chi connectivity index (χ0n) is 7.17. The first-order valence-corrected chi connectivity index (χ1v) is 5.34. The number of hydrogen-bond donors (Lipinski definition) is 1. The third-order valence-electron chi connectivity index (χ3n) is 1.66. The van der Waals surface area contributed by atoms with E-state index in [-0.39, 0.29) is 18.1 Å². The lowest BCUT2D eigenvalue weighted by atomic mass is 10.2. The number of rotatable bonds is 5. The van der Waals surface area contributed by atoms with Gasteiger partial charge in [-0.1, -0.05) is 33.1 Å². The minimum absolute atomic E-state index is 0. The highest BCUT2D eigenvalue weighted by Crippen LogP contribution is 2.26. The molecule has 0 aromatic heterocycles. The maximum absolute atomic E-state index is 10.5. The van der Waals surface area contributed by atoms with Crippen molar-refractivity contribution in [3.8, 4) is 0 Å². The van der Waals surface area contributed by atoms with Crippen LogP contribution in [-0.2, 0) is 4.57 Å². The summed E-state index contributed by atoms with van der Waals surface area (Å²) in [5.41, 5.74) is 0.0246. The summed E-state index contributed by atoms with van der Waals surface area (Å²) in [7, 11) is -2.24. The second-order valence-electron chi connectivity index (χ2n) is 2.74. The number of hydrogen-bond acceptors (Lipinski definition) is 1. The predicted molar refractivity (Wildman–Crippen MR) is 52.1 cm³/mol.